The van der Waals surface area contributed by atoms with Crippen molar-refractivity contribution in [1.29, 1.82) is 0 Å². The molecule has 25 heavy (non-hydrogen) atoms. The van der Waals surface area contributed by atoms with Gasteiger partial charge in [0.25, 0.3) is 0 Å². The van der Waals surface area contributed by atoms with Crippen LogP contribution in [-0.2, 0) is 0 Å². The van der Waals surface area contributed by atoms with Gasteiger partial charge in [-0.25, -0.2) is 9.18 Å². The van der Waals surface area contributed by atoms with Crippen LogP contribution in [0, 0.1) is 11.7 Å². The first kappa shape index (κ1) is 16.1. The molecule has 5 heteroatoms. The Morgan fingerprint density at radius 2 is 1.84 bits per heavy atom. The number of carboxylic acid groups (broad SMARTS) is 1. The maximum absolute atomic E-state index is 13.9. The minimum absolute atomic E-state index is 0.0760. The second kappa shape index (κ2) is 6.48. The van der Waals surface area contributed by atoms with Gasteiger partial charge in [0, 0.05) is 12.1 Å². The number of rotatable bonds is 3. The quantitative estimate of drug-likeness (QED) is 0.916. The summed E-state index contributed by atoms with van der Waals surface area (Å²) in [5.41, 5.74) is 2.02. The van der Waals surface area contributed by atoms with Crippen molar-refractivity contribution in [3.05, 3.63) is 54.3 Å². The third kappa shape index (κ3) is 3.00. The first-order valence-electron chi connectivity index (χ1n) is 8.73. The van der Waals surface area contributed by atoms with Crippen molar-refractivity contribution in [2.24, 2.45) is 5.92 Å². The lowest BCUT2D eigenvalue weighted by Crippen LogP contribution is -2.58. The van der Waals surface area contributed by atoms with E-state index in [1.165, 1.54) is 17.0 Å². The van der Waals surface area contributed by atoms with Gasteiger partial charge in [-0.2, -0.15) is 0 Å². The first-order valence-corrected chi connectivity index (χ1v) is 8.73. The highest BCUT2D eigenvalue weighted by molar-refractivity contribution is 5.93. The highest BCUT2D eigenvalue weighted by Gasteiger charge is 2.40. The van der Waals surface area contributed by atoms with Crippen molar-refractivity contribution in [1.82, 2.24) is 4.90 Å². The zero-order chi connectivity index (χ0) is 17.4. The van der Waals surface area contributed by atoms with Gasteiger partial charge in [-0.05, 0) is 55.6 Å². The van der Waals surface area contributed by atoms with Gasteiger partial charge in [0.15, 0.2) is 0 Å². The third-order valence-electron chi connectivity index (χ3n) is 5.46. The Morgan fingerprint density at radius 3 is 2.44 bits per heavy atom. The fraction of sp³-hybridized carbons (Fsp3) is 0.350. The maximum Gasteiger partial charge on any atom is 0.412 e. The number of anilines is 1. The summed E-state index contributed by atoms with van der Waals surface area (Å²) in [5.74, 6) is 0.0108. The molecule has 3 saturated heterocycles. The van der Waals surface area contributed by atoms with Gasteiger partial charge in [0.2, 0.25) is 0 Å². The smallest absolute Gasteiger partial charge is 0.412 e. The summed E-state index contributed by atoms with van der Waals surface area (Å²) < 4.78 is 13.9. The fourth-order valence-corrected chi connectivity index (χ4v) is 4.22. The molecule has 3 aliphatic heterocycles. The molecule has 4 nitrogen and oxygen atoms in total. The van der Waals surface area contributed by atoms with Gasteiger partial charge < -0.3 is 10.0 Å². The number of hydrogen-bond donors (Lipinski definition) is 1. The number of halogens is 1. The van der Waals surface area contributed by atoms with E-state index in [1.807, 2.05) is 30.3 Å². The highest BCUT2D eigenvalue weighted by atomic mass is 19.1. The van der Waals surface area contributed by atoms with E-state index in [0.29, 0.717) is 17.2 Å². The van der Waals surface area contributed by atoms with Crippen molar-refractivity contribution in [3.63, 3.8) is 0 Å². The van der Waals surface area contributed by atoms with Gasteiger partial charge in [0.1, 0.15) is 5.82 Å². The molecular formula is C20H21FN2O2. The van der Waals surface area contributed by atoms with Crippen LogP contribution >= 0.6 is 0 Å². The second-order valence-corrected chi connectivity index (χ2v) is 6.89. The van der Waals surface area contributed by atoms with Crippen molar-refractivity contribution >= 4 is 11.8 Å². The van der Waals surface area contributed by atoms with Gasteiger partial charge >= 0.3 is 6.09 Å². The SMILES string of the molecule is O=C(O)N(c1ccc(F)cc1-c1ccccc1)[C@H]1CN2CCC1CC2. The van der Waals surface area contributed by atoms with E-state index < -0.39 is 6.09 Å². The molecule has 0 radical (unpaired) electrons. The number of amides is 1. The van der Waals surface area contributed by atoms with Gasteiger partial charge in [-0.15, -0.1) is 0 Å². The van der Waals surface area contributed by atoms with Gasteiger partial charge in [0.05, 0.1) is 11.7 Å². The molecule has 0 saturated carbocycles. The zero-order valence-corrected chi connectivity index (χ0v) is 13.9. The van der Waals surface area contributed by atoms with Crippen molar-refractivity contribution in [3.8, 4) is 11.1 Å². The number of nitrogens with zero attached hydrogens (tertiary/aromatic N) is 2. The molecule has 0 unspecified atom stereocenters. The largest absolute Gasteiger partial charge is 0.465 e. The van der Waals surface area contributed by atoms with Crippen molar-refractivity contribution < 1.29 is 14.3 Å². The Bertz CT molecular complexity index is 773. The van der Waals surface area contributed by atoms with Crippen molar-refractivity contribution in [2.75, 3.05) is 24.5 Å². The zero-order valence-electron chi connectivity index (χ0n) is 13.9. The summed E-state index contributed by atoms with van der Waals surface area (Å²) in [4.78, 5) is 16.0. The van der Waals surface area contributed by atoms with E-state index >= 15 is 0 Å². The standard InChI is InChI=1S/C20H21FN2O2/c21-16-6-7-18(17(12-16)14-4-2-1-3-5-14)23(20(24)25)19-13-22-10-8-15(19)9-11-22/h1-7,12,15,19H,8-11,13H2,(H,24,25)/t19-/m0/s1. The lowest BCUT2D eigenvalue weighted by atomic mass is 9.82. The molecule has 2 bridgehead atoms. The predicted molar refractivity (Wildman–Crippen MR) is 95.3 cm³/mol. The molecule has 3 aliphatic rings. The number of fused-ring (bicyclic) bond motifs is 3. The Balaban J connectivity index is 1.79. The van der Waals surface area contributed by atoms with Crippen LogP contribution in [0.1, 0.15) is 12.8 Å². The molecule has 1 amide bonds. The molecule has 0 aromatic heterocycles. The normalized spacial score (nSPS) is 24.9. The Labute approximate surface area is 146 Å². The molecular weight excluding hydrogens is 319 g/mol. The molecule has 1 atom stereocenters. The summed E-state index contributed by atoms with van der Waals surface area (Å²) in [6, 6.07) is 13.7. The van der Waals surface area contributed by atoms with E-state index in [4.69, 9.17) is 0 Å². The second-order valence-electron chi connectivity index (χ2n) is 6.89. The van der Waals surface area contributed by atoms with Crippen LogP contribution in [0.15, 0.2) is 48.5 Å². The molecule has 1 N–H and O–H groups in total. The monoisotopic (exact) mass is 340 g/mol. The molecule has 3 fully saturated rings. The Kier molecular flexibility index (Phi) is 4.17. The van der Waals surface area contributed by atoms with Crippen LogP contribution in [0.25, 0.3) is 11.1 Å². The predicted octanol–water partition coefficient (Wildman–Crippen LogP) is 4.07. The van der Waals surface area contributed by atoms with Crippen LogP contribution in [-0.4, -0.2) is 41.8 Å². The minimum Gasteiger partial charge on any atom is -0.465 e. The van der Waals surface area contributed by atoms with E-state index in [2.05, 4.69) is 4.90 Å². The number of benzene rings is 2. The fourth-order valence-electron chi connectivity index (χ4n) is 4.22. The van der Waals surface area contributed by atoms with Gasteiger partial charge in [-0.1, -0.05) is 30.3 Å². The van der Waals surface area contributed by atoms with Crippen LogP contribution < -0.4 is 4.90 Å². The highest BCUT2D eigenvalue weighted by Crippen LogP contribution is 2.38. The van der Waals surface area contributed by atoms with Crippen LogP contribution in [0.2, 0.25) is 0 Å². The molecule has 0 aliphatic carbocycles. The lowest BCUT2D eigenvalue weighted by Gasteiger charge is -2.48. The molecule has 5 rings (SSSR count). The van der Waals surface area contributed by atoms with E-state index in [-0.39, 0.29) is 11.9 Å². The average Bonchev–Trinajstić information content (AvgIpc) is 2.64. The average molecular weight is 340 g/mol. The molecule has 2 aromatic rings. The summed E-state index contributed by atoms with van der Waals surface area (Å²) in [7, 11) is 0. The Morgan fingerprint density at radius 1 is 1.12 bits per heavy atom. The Hall–Kier alpha value is -2.40. The number of piperidine rings is 3. The topological polar surface area (TPSA) is 43.8 Å². The molecule has 2 aromatic carbocycles. The van der Waals surface area contributed by atoms with E-state index in [0.717, 1.165) is 38.0 Å². The summed E-state index contributed by atoms with van der Waals surface area (Å²) >= 11 is 0. The summed E-state index contributed by atoms with van der Waals surface area (Å²) in [5, 5.41) is 9.96. The third-order valence-corrected chi connectivity index (χ3v) is 5.46. The first-order chi connectivity index (χ1) is 12.1. The van der Waals surface area contributed by atoms with Crippen LogP contribution in [0.4, 0.5) is 14.9 Å². The summed E-state index contributed by atoms with van der Waals surface area (Å²) in [6.45, 7) is 2.84. The summed E-state index contributed by atoms with van der Waals surface area (Å²) in [6.07, 6.45) is 1.08. The van der Waals surface area contributed by atoms with Crippen LogP contribution in [0.3, 0.4) is 0 Å². The maximum atomic E-state index is 13.9. The minimum atomic E-state index is -0.970. The van der Waals surface area contributed by atoms with Gasteiger partial charge in [-0.3, -0.25) is 4.90 Å². The molecule has 3 heterocycles. The molecule has 130 valence electrons. The molecule has 0 spiro atoms. The van der Waals surface area contributed by atoms with Crippen molar-refractivity contribution in [2.45, 2.75) is 18.9 Å². The van der Waals surface area contributed by atoms with E-state index in [1.54, 1.807) is 6.07 Å². The van der Waals surface area contributed by atoms with E-state index in [9.17, 15) is 14.3 Å². The number of hydrogen-bond acceptors (Lipinski definition) is 2. The number of carbonyl (C=O) groups is 1. The lowest BCUT2D eigenvalue weighted by molar-refractivity contribution is 0.0837. The van der Waals surface area contributed by atoms with Crippen LogP contribution in [0.5, 0.6) is 0 Å².